The Bertz CT molecular complexity index is 1110. The van der Waals surface area contributed by atoms with Crippen LogP contribution in [0.25, 0.3) is 11.2 Å². The summed E-state index contributed by atoms with van der Waals surface area (Å²) in [5, 5.41) is 0. The Balaban J connectivity index is 2.09. The minimum absolute atomic E-state index is 0.00203. The summed E-state index contributed by atoms with van der Waals surface area (Å²) in [7, 11) is 2.97. The lowest BCUT2D eigenvalue weighted by Crippen LogP contribution is -2.37. The molecule has 0 aliphatic carbocycles. The first-order valence-corrected chi connectivity index (χ1v) is 8.08. The molecule has 0 aliphatic heterocycles. The maximum absolute atomic E-state index is 12.8. The van der Waals surface area contributed by atoms with Crippen molar-refractivity contribution in [3.05, 3.63) is 50.2 Å². The van der Waals surface area contributed by atoms with Gasteiger partial charge in [-0.3, -0.25) is 18.7 Å². The summed E-state index contributed by atoms with van der Waals surface area (Å²) >= 11 is 0. The summed E-state index contributed by atoms with van der Waals surface area (Å²) in [5.74, 6) is -0.0944. The topological polar surface area (TPSA) is 83.8 Å². The fourth-order valence-corrected chi connectivity index (χ4v) is 3.33. The third kappa shape index (κ3) is 2.45. The predicted octanol–water partition coefficient (Wildman–Crippen LogP) is 0.755. The van der Waals surface area contributed by atoms with E-state index in [0.717, 1.165) is 22.5 Å². The molecule has 0 aromatic carbocycles. The summed E-state index contributed by atoms with van der Waals surface area (Å²) in [6, 6.07) is 1.87. The lowest BCUT2D eigenvalue weighted by atomic mass is 10.1. The van der Waals surface area contributed by atoms with Crippen LogP contribution in [0.15, 0.2) is 22.0 Å². The third-order valence-electron chi connectivity index (χ3n) is 4.72. The van der Waals surface area contributed by atoms with Crippen molar-refractivity contribution in [2.24, 2.45) is 14.1 Å². The molecule has 0 amide bonds. The molecule has 0 fully saturated rings. The Morgan fingerprint density at radius 2 is 1.84 bits per heavy atom. The van der Waals surface area contributed by atoms with Crippen LogP contribution in [0.4, 0.5) is 0 Å². The van der Waals surface area contributed by atoms with Crippen molar-refractivity contribution in [3.63, 3.8) is 0 Å². The highest BCUT2D eigenvalue weighted by Gasteiger charge is 2.19. The van der Waals surface area contributed by atoms with E-state index < -0.39 is 11.2 Å². The fourth-order valence-electron chi connectivity index (χ4n) is 3.33. The van der Waals surface area contributed by atoms with E-state index >= 15 is 0 Å². The molecule has 0 bridgehead atoms. The van der Waals surface area contributed by atoms with Gasteiger partial charge in [0.25, 0.3) is 5.56 Å². The zero-order valence-corrected chi connectivity index (χ0v) is 15.0. The molecule has 0 aliphatic rings. The summed E-state index contributed by atoms with van der Waals surface area (Å²) in [4.78, 5) is 41.3. The first-order chi connectivity index (χ1) is 11.8. The Morgan fingerprint density at radius 3 is 2.44 bits per heavy atom. The smallest absolute Gasteiger partial charge is 0.332 e. The molecule has 0 spiro atoms. The number of hydrogen-bond acceptors (Lipinski definition) is 4. The van der Waals surface area contributed by atoms with Crippen LogP contribution in [0.1, 0.15) is 28.7 Å². The molecular weight excluding hydrogens is 322 g/mol. The first kappa shape index (κ1) is 16.9. The number of aromatic nitrogens is 5. The molecule has 0 atom stereocenters. The van der Waals surface area contributed by atoms with Gasteiger partial charge in [0.15, 0.2) is 16.9 Å². The molecule has 3 aromatic rings. The number of imidazole rings is 1. The molecule has 8 heteroatoms. The van der Waals surface area contributed by atoms with Crippen LogP contribution in [-0.4, -0.2) is 29.0 Å². The van der Waals surface area contributed by atoms with Crippen molar-refractivity contribution in [1.82, 2.24) is 23.3 Å². The molecule has 0 radical (unpaired) electrons. The molecule has 0 saturated carbocycles. The standard InChI is InChI=1S/C17H21N5O3/c1-6-22-10(2)7-12(11(22)3)13(23)8-21-9-18-15-14(21)16(24)20(5)17(25)19(15)4/h7,9H,6,8H2,1-5H3. The molecule has 0 unspecified atom stereocenters. The van der Waals surface area contributed by atoms with Crippen molar-refractivity contribution >= 4 is 16.9 Å². The van der Waals surface area contributed by atoms with E-state index in [4.69, 9.17) is 0 Å². The lowest BCUT2D eigenvalue weighted by Gasteiger charge is -2.07. The van der Waals surface area contributed by atoms with Gasteiger partial charge in [0.2, 0.25) is 0 Å². The Hall–Kier alpha value is -2.90. The van der Waals surface area contributed by atoms with E-state index in [1.54, 1.807) is 7.05 Å². The average molecular weight is 343 g/mol. The number of hydrogen-bond donors (Lipinski definition) is 0. The van der Waals surface area contributed by atoms with Crippen molar-refractivity contribution in [1.29, 1.82) is 0 Å². The van der Waals surface area contributed by atoms with E-state index in [0.29, 0.717) is 5.56 Å². The summed E-state index contributed by atoms with van der Waals surface area (Å²) < 4.78 is 5.91. The molecule has 132 valence electrons. The second-order valence-electron chi connectivity index (χ2n) is 6.20. The second-order valence-corrected chi connectivity index (χ2v) is 6.20. The van der Waals surface area contributed by atoms with E-state index in [-0.39, 0.29) is 23.5 Å². The first-order valence-electron chi connectivity index (χ1n) is 8.08. The number of carbonyl (C=O) groups excluding carboxylic acids is 1. The van der Waals surface area contributed by atoms with Gasteiger partial charge in [-0.2, -0.15) is 0 Å². The molecule has 0 N–H and O–H groups in total. The minimum Gasteiger partial charge on any atom is -0.349 e. The highest BCUT2D eigenvalue weighted by atomic mass is 16.2. The van der Waals surface area contributed by atoms with Gasteiger partial charge in [0, 0.05) is 37.6 Å². The Morgan fingerprint density at radius 1 is 1.16 bits per heavy atom. The Kier molecular flexibility index (Phi) is 3.98. The molecule has 3 heterocycles. The second kappa shape index (κ2) is 5.87. The van der Waals surface area contributed by atoms with Gasteiger partial charge in [-0.15, -0.1) is 0 Å². The normalized spacial score (nSPS) is 11.4. The number of carbonyl (C=O) groups is 1. The fraction of sp³-hybridized carbons (Fsp3) is 0.412. The monoisotopic (exact) mass is 343 g/mol. The molecular formula is C17H21N5O3. The average Bonchev–Trinajstić information content (AvgIpc) is 3.12. The molecule has 0 saturated heterocycles. The van der Waals surface area contributed by atoms with Crippen LogP contribution < -0.4 is 11.2 Å². The van der Waals surface area contributed by atoms with Crippen molar-refractivity contribution < 1.29 is 4.79 Å². The maximum Gasteiger partial charge on any atom is 0.332 e. The predicted molar refractivity (Wildman–Crippen MR) is 94.1 cm³/mol. The van der Waals surface area contributed by atoms with Crippen LogP contribution in [0.3, 0.4) is 0 Å². The van der Waals surface area contributed by atoms with Gasteiger partial charge in [-0.25, -0.2) is 9.78 Å². The van der Waals surface area contributed by atoms with Crippen molar-refractivity contribution in [2.45, 2.75) is 33.9 Å². The molecule has 3 aromatic heterocycles. The summed E-state index contributed by atoms with van der Waals surface area (Å²) in [5.41, 5.74) is 2.21. The van der Waals surface area contributed by atoms with E-state index in [2.05, 4.69) is 9.55 Å². The van der Waals surface area contributed by atoms with Crippen LogP contribution >= 0.6 is 0 Å². The van der Waals surface area contributed by atoms with Gasteiger partial charge in [0.05, 0.1) is 12.9 Å². The van der Waals surface area contributed by atoms with Gasteiger partial charge < -0.3 is 9.13 Å². The Labute approximate surface area is 143 Å². The highest BCUT2D eigenvalue weighted by Crippen LogP contribution is 2.17. The van der Waals surface area contributed by atoms with Crippen LogP contribution in [-0.2, 0) is 27.2 Å². The van der Waals surface area contributed by atoms with Gasteiger partial charge >= 0.3 is 5.69 Å². The van der Waals surface area contributed by atoms with E-state index in [9.17, 15) is 14.4 Å². The number of nitrogens with zero attached hydrogens (tertiary/aromatic N) is 5. The quantitative estimate of drug-likeness (QED) is 0.655. The van der Waals surface area contributed by atoms with Crippen LogP contribution in [0.5, 0.6) is 0 Å². The zero-order valence-electron chi connectivity index (χ0n) is 15.0. The number of fused-ring (bicyclic) bond motifs is 1. The summed E-state index contributed by atoms with van der Waals surface area (Å²) in [6.45, 7) is 6.70. The molecule has 25 heavy (non-hydrogen) atoms. The third-order valence-corrected chi connectivity index (χ3v) is 4.72. The van der Waals surface area contributed by atoms with Gasteiger partial charge in [-0.1, -0.05) is 0 Å². The molecule has 3 rings (SSSR count). The lowest BCUT2D eigenvalue weighted by molar-refractivity contribution is 0.0972. The minimum atomic E-state index is -0.456. The number of ketones is 1. The van der Waals surface area contributed by atoms with E-state index in [1.807, 2.05) is 26.8 Å². The maximum atomic E-state index is 12.8. The van der Waals surface area contributed by atoms with E-state index in [1.165, 1.54) is 22.5 Å². The highest BCUT2D eigenvalue weighted by molar-refractivity contribution is 5.98. The number of rotatable bonds is 4. The summed E-state index contributed by atoms with van der Waals surface area (Å²) in [6.07, 6.45) is 1.43. The van der Waals surface area contributed by atoms with Crippen LogP contribution in [0, 0.1) is 13.8 Å². The van der Waals surface area contributed by atoms with Gasteiger partial charge in [0.1, 0.15) is 0 Å². The van der Waals surface area contributed by atoms with Crippen molar-refractivity contribution in [2.75, 3.05) is 0 Å². The van der Waals surface area contributed by atoms with Gasteiger partial charge in [-0.05, 0) is 26.8 Å². The largest absolute Gasteiger partial charge is 0.349 e. The number of Topliss-reactive ketones (excluding diaryl/α,β-unsaturated/α-hetero) is 1. The SMILES string of the molecule is CCn1c(C)cc(C(=O)Cn2cnc3c2c(=O)n(C)c(=O)n3C)c1C. The van der Waals surface area contributed by atoms with Crippen LogP contribution in [0.2, 0.25) is 0 Å². The van der Waals surface area contributed by atoms with Crippen molar-refractivity contribution in [3.8, 4) is 0 Å². The zero-order chi connectivity index (χ0) is 18.5. The number of aryl methyl sites for hydroxylation is 2. The molecule has 8 nitrogen and oxygen atoms in total.